The van der Waals surface area contributed by atoms with Gasteiger partial charge < -0.3 is 10.2 Å². The van der Waals surface area contributed by atoms with Gasteiger partial charge in [-0.2, -0.15) is 0 Å². The first kappa shape index (κ1) is 9.07. The van der Waals surface area contributed by atoms with E-state index in [2.05, 4.69) is 16.8 Å². The van der Waals surface area contributed by atoms with Crippen molar-refractivity contribution < 1.29 is 15.0 Å². The molecule has 1 heterocycles. The molecule has 0 unspecified atom stereocenters. The second-order valence-corrected chi connectivity index (χ2v) is 2.24. The van der Waals surface area contributed by atoms with E-state index in [1.165, 1.54) is 12.3 Å². The number of pyridine rings is 1. The lowest BCUT2D eigenvalue weighted by Gasteiger charge is -1.91. The second-order valence-electron chi connectivity index (χ2n) is 2.24. The zero-order chi connectivity index (χ0) is 9.68. The van der Waals surface area contributed by atoms with E-state index in [0.717, 1.165) is 0 Å². The summed E-state index contributed by atoms with van der Waals surface area (Å²) in [7, 11) is 0. The maximum Gasteiger partial charge on any atom is 0.315 e. The van der Waals surface area contributed by atoms with Gasteiger partial charge in [0.25, 0.3) is 0 Å². The molecule has 0 fully saturated rings. The number of hydrogen-bond donors (Lipinski definition) is 2. The van der Waals surface area contributed by atoms with Gasteiger partial charge in [0.2, 0.25) is 0 Å². The number of nitrogens with zero attached hydrogens (tertiary/aromatic N) is 1. The van der Waals surface area contributed by atoms with Gasteiger partial charge in [0.1, 0.15) is 12.2 Å². The van der Waals surface area contributed by atoms with Crippen LogP contribution in [0.1, 0.15) is 12.1 Å². The van der Waals surface area contributed by atoms with Crippen molar-refractivity contribution in [2.75, 3.05) is 0 Å². The largest absolute Gasteiger partial charge is 0.505 e. The molecule has 1 rings (SSSR count). The van der Waals surface area contributed by atoms with Crippen molar-refractivity contribution in [1.29, 1.82) is 0 Å². The molecule has 4 heteroatoms. The predicted octanol–water partition coefficient (Wildman–Crippen LogP) is 0.613. The predicted molar refractivity (Wildman–Crippen MR) is 45.0 cm³/mol. The molecular weight excluding hydrogens is 170 g/mol. The van der Waals surface area contributed by atoms with Crippen LogP contribution in [-0.2, 0) is 4.79 Å². The molecule has 0 aliphatic rings. The molecule has 0 amide bonds. The van der Waals surface area contributed by atoms with E-state index < -0.39 is 5.97 Å². The fourth-order valence-electron chi connectivity index (χ4n) is 0.697. The van der Waals surface area contributed by atoms with Crippen LogP contribution >= 0.6 is 0 Å². The van der Waals surface area contributed by atoms with Crippen LogP contribution in [0.4, 0.5) is 0 Å². The SMILES string of the molecule is O=C(O)CC#Cc1ncccc1O. The molecule has 0 spiro atoms. The molecule has 1 aromatic heterocycles. The van der Waals surface area contributed by atoms with E-state index in [0.29, 0.717) is 0 Å². The van der Waals surface area contributed by atoms with Crippen LogP contribution in [0.3, 0.4) is 0 Å². The summed E-state index contributed by atoms with van der Waals surface area (Å²) < 4.78 is 0. The summed E-state index contributed by atoms with van der Waals surface area (Å²) in [5.74, 6) is 3.78. The van der Waals surface area contributed by atoms with Gasteiger partial charge in [-0.3, -0.25) is 4.79 Å². The highest BCUT2D eigenvalue weighted by Gasteiger charge is 1.95. The zero-order valence-electron chi connectivity index (χ0n) is 6.69. The van der Waals surface area contributed by atoms with Gasteiger partial charge in [0.15, 0.2) is 5.69 Å². The van der Waals surface area contributed by atoms with Crippen LogP contribution in [0.25, 0.3) is 0 Å². The first-order valence-electron chi connectivity index (χ1n) is 3.55. The number of carbonyl (C=O) groups is 1. The topological polar surface area (TPSA) is 70.4 Å². The lowest BCUT2D eigenvalue weighted by Crippen LogP contribution is -1.90. The normalized spacial score (nSPS) is 8.62. The highest BCUT2D eigenvalue weighted by molar-refractivity contribution is 5.70. The number of hydrogen-bond acceptors (Lipinski definition) is 3. The fraction of sp³-hybridized carbons (Fsp3) is 0.111. The summed E-state index contributed by atoms with van der Waals surface area (Å²) in [5.41, 5.74) is 0.198. The summed E-state index contributed by atoms with van der Waals surface area (Å²) in [6, 6.07) is 3.01. The number of aromatic hydroxyl groups is 1. The molecular formula is C9H7NO3. The number of carboxylic acid groups (broad SMARTS) is 1. The lowest BCUT2D eigenvalue weighted by molar-refractivity contribution is -0.135. The second kappa shape index (κ2) is 4.12. The van der Waals surface area contributed by atoms with Gasteiger partial charge in [-0.15, -0.1) is 0 Å². The van der Waals surface area contributed by atoms with Crippen molar-refractivity contribution in [1.82, 2.24) is 4.98 Å². The third-order valence-corrected chi connectivity index (χ3v) is 1.23. The summed E-state index contributed by atoms with van der Waals surface area (Å²) in [6.45, 7) is 0. The molecule has 0 saturated carbocycles. The van der Waals surface area contributed by atoms with Gasteiger partial charge >= 0.3 is 5.97 Å². The van der Waals surface area contributed by atoms with E-state index in [1.807, 2.05) is 0 Å². The van der Waals surface area contributed by atoms with E-state index in [1.54, 1.807) is 6.07 Å². The van der Waals surface area contributed by atoms with Gasteiger partial charge in [0, 0.05) is 6.20 Å². The standard InChI is InChI=1S/C9H7NO3/c11-8-4-2-6-10-7(8)3-1-5-9(12)13/h2,4,6,11H,5H2,(H,12,13). The third-order valence-electron chi connectivity index (χ3n) is 1.23. The molecule has 0 aliphatic carbocycles. The monoisotopic (exact) mass is 177 g/mol. The first-order chi connectivity index (χ1) is 6.20. The molecule has 0 radical (unpaired) electrons. The minimum atomic E-state index is -0.997. The van der Waals surface area contributed by atoms with Crippen LogP contribution in [-0.4, -0.2) is 21.2 Å². The number of carboxylic acids is 1. The van der Waals surface area contributed by atoms with Crippen molar-refractivity contribution >= 4 is 5.97 Å². The lowest BCUT2D eigenvalue weighted by atomic mass is 10.3. The van der Waals surface area contributed by atoms with Crippen LogP contribution in [0.2, 0.25) is 0 Å². The molecule has 0 atom stereocenters. The molecule has 13 heavy (non-hydrogen) atoms. The molecule has 0 aliphatic heterocycles. The molecule has 66 valence electrons. The quantitative estimate of drug-likeness (QED) is 0.616. The van der Waals surface area contributed by atoms with Crippen LogP contribution in [0, 0.1) is 11.8 Å². The fourth-order valence-corrected chi connectivity index (χ4v) is 0.697. The number of aromatic nitrogens is 1. The Hall–Kier alpha value is -2.02. The van der Waals surface area contributed by atoms with Crippen molar-refractivity contribution in [3.05, 3.63) is 24.0 Å². The molecule has 0 bridgehead atoms. The van der Waals surface area contributed by atoms with E-state index in [9.17, 15) is 4.79 Å². The Balaban J connectivity index is 2.77. The highest BCUT2D eigenvalue weighted by atomic mass is 16.4. The zero-order valence-corrected chi connectivity index (χ0v) is 6.69. The minimum Gasteiger partial charge on any atom is -0.505 e. The molecule has 4 nitrogen and oxygen atoms in total. The average Bonchev–Trinajstić information content (AvgIpc) is 2.08. The summed E-state index contributed by atoms with van der Waals surface area (Å²) in [5, 5.41) is 17.4. The Bertz CT molecular complexity index is 376. The van der Waals surface area contributed by atoms with Crippen molar-refractivity contribution in [3.8, 4) is 17.6 Å². The molecule has 2 N–H and O–H groups in total. The van der Waals surface area contributed by atoms with E-state index in [-0.39, 0.29) is 17.9 Å². The molecule has 0 saturated heterocycles. The maximum absolute atomic E-state index is 10.1. The Morgan fingerprint density at radius 1 is 1.62 bits per heavy atom. The van der Waals surface area contributed by atoms with Crippen molar-refractivity contribution in [2.45, 2.75) is 6.42 Å². The van der Waals surface area contributed by atoms with Gasteiger partial charge in [0.05, 0.1) is 0 Å². The highest BCUT2D eigenvalue weighted by Crippen LogP contribution is 2.10. The summed E-state index contributed by atoms with van der Waals surface area (Å²) in [6.07, 6.45) is 1.22. The van der Waals surface area contributed by atoms with Gasteiger partial charge in [-0.25, -0.2) is 4.98 Å². The third kappa shape index (κ3) is 2.83. The van der Waals surface area contributed by atoms with Crippen molar-refractivity contribution in [2.24, 2.45) is 0 Å². The maximum atomic E-state index is 10.1. The Kier molecular flexibility index (Phi) is 2.87. The molecule has 0 aromatic carbocycles. The Morgan fingerprint density at radius 3 is 3.00 bits per heavy atom. The summed E-state index contributed by atoms with van der Waals surface area (Å²) >= 11 is 0. The Labute approximate surface area is 74.9 Å². The number of aliphatic carboxylic acids is 1. The van der Waals surface area contributed by atoms with Crippen LogP contribution < -0.4 is 0 Å². The van der Waals surface area contributed by atoms with E-state index in [4.69, 9.17) is 10.2 Å². The summed E-state index contributed by atoms with van der Waals surface area (Å²) in [4.78, 5) is 13.8. The van der Waals surface area contributed by atoms with Gasteiger partial charge in [-0.05, 0) is 18.1 Å². The number of rotatable bonds is 1. The van der Waals surface area contributed by atoms with Crippen molar-refractivity contribution in [3.63, 3.8) is 0 Å². The first-order valence-corrected chi connectivity index (χ1v) is 3.55. The average molecular weight is 177 g/mol. The van der Waals surface area contributed by atoms with Crippen LogP contribution in [0.15, 0.2) is 18.3 Å². The van der Waals surface area contributed by atoms with E-state index >= 15 is 0 Å². The van der Waals surface area contributed by atoms with Gasteiger partial charge in [-0.1, -0.05) is 5.92 Å². The molecule has 1 aromatic rings. The Morgan fingerprint density at radius 2 is 2.38 bits per heavy atom. The smallest absolute Gasteiger partial charge is 0.315 e. The van der Waals surface area contributed by atoms with Crippen LogP contribution in [0.5, 0.6) is 5.75 Å². The minimum absolute atomic E-state index is 0.0413.